The summed E-state index contributed by atoms with van der Waals surface area (Å²) in [6, 6.07) is 9.77. The molecule has 2 heterocycles. The summed E-state index contributed by atoms with van der Waals surface area (Å²) in [5, 5.41) is 6.77. The monoisotopic (exact) mass is 315 g/mol. The Labute approximate surface area is 134 Å². The second kappa shape index (κ2) is 7.75. The van der Waals surface area contributed by atoms with E-state index in [0.29, 0.717) is 13.2 Å². The smallest absolute Gasteiger partial charge is 0.315 e. The zero-order chi connectivity index (χ0) is 15.9. The van der Waals surface area contributed by atoms with Crippen LogP contribution in [0.1, 0.15) is 6.42 Å². The van der Waals surface area contributed by atoms with Crippen molar-refractivity contribution >= 4 is 16.9 Å². The highest BCUT2D eigenvalue weighted by atomic mass is 16.5. The van der Waals surface area contributed by atoms with E-state index in [2.05, 4.69) is 26.5 Å². The summed E-state index contributed by atoms with van der Waals surface area (Å²) >= 11 is 0. The number of benzene rings is 1. The molecule has 3 rings (SSSR count). The maximum atomic E-state index is 11.7. The first-order valence-corrected chi connectivity index (χ1v) is 7.79. The van der Waals surface area contributed by atoms with E-state index in [1.165, 1.54) is 0 Å². The highest BCUT2D eigenvalue weighted by Crippen LogP contribution is 2.22. The van der Waals surface area contributed by atoms with Gasteiger partial charge in [0.05, 0.1) is 12.6 Å². The van der Waals surface area contributed by atoms with Crippen LogP contribution in [0.5, 0.6) is 5.75 Å². The predicted molar refractivity (Wildman–Crippen MR) is 88.2 cm³/mol. The second-order valence-electron chi connectivity index (χ2n) is 5.39. The van der Waals surface area contributed by atoms with Crippen molar-refractivity contribution in [3.8, 4) is 5.75 Å². The predicted octanol–water partition coefficient (Wildman–Crippen LogP) is 0.779. The summed E-state index contributed by atoms with van der Waals surface area (Å²) in [5.41, 5.74) is 6.80. The van der Waals surface area contributed by atoms with Crippen LogP contribution in [0.2, 0.25) is 0 Å². The molecule has 1 aromatic heterocycles. The van der Waals surface area contributed by atoms with Crippen molar-refractivity contribution in [2.45, 2.75) is 12.5 Å². The number of hydrogen-bond donors (Lipinski definition) is 4. The van der Waals surface area contributed by atoms with E-state index in [1.807, 2.05) is 30.3 Å². The molecule has 0 spiro atoms. The van der Waals surface area contributed by atoms with Crippen molar-refractivity contribution in [1.29, 1.82) is 0 Å². The minimum atomic E-state index is -0.146. The summed E-state index contributed by atoms with van der Waals surface area (Å²) in [5.74, 6) is 0.774. The Morgan fingerprint density at radius 3 is 2.96 bits per heavy atom. The summed E-state index contributed by atoms with van der Waals surface area (Å²) < 4.78 is 5.78. The van der Waals surface area contributed by atoms with Gasteiger partial charge >= 0.3 is 6.03 Å². The lowest BCUT2D eigenvalue weighted by Crippen LogP contribution is -2.44. The van der Waals surface area contributed by atoms with Crippen molar-refractivity contribution < 1.29 is 9.53 Å². The number of carbonyl (C=O) groups excluding carboxylic acids is 1. The van der Waals surface area contributed by atoms with Gasteiger partial charge in [0, 0.05) is 31.2 Å². The summed E-state index contributed by atoms with van der Waals surface area (Å²) in [6.07, 6.45) is 2.49. The first-order chi connectivity index (χ1) is 11.3. The molecule has 0 radical (unpaired) electrons. The maximum absolute atomic E-state index is 11.7. The van der Waals surface area contributed by atoms with Gasteiger partial charge in [-0.2, -0.15) is 0 Å². The topological polar surface area (TPSA) is 87.3 Å². The number of rotatable bonds is 6. The summed E-state index contributed by atoms with van der Waals surface area (Å²) in [6.45, 7) is 2.58. The van der Waals surface area contributed by atoms with Crippen molar-refractivity contribution in [3.05, 3.63) is 36.5 Å². The molecule has 0 unspecified atom stereocenters. The molecule has 1 aliphatic rings. The molecule has 122 valence electrons. The van der Waals surface area contributed by atoms with Gasteiger partial charge in [-0.3, -0.25) is 15.8 Å². The van der Waals surface area contributed by atoms with Gasteiger partial charge in [-0.1, -0.05) is 18.2 Å². The molecular weight excluding hydrogens is 294 g/mol. The summed E-state index contributed by atoms with van der Waals surface area (Å²) in [7, 11) is 0. The third-order valence-electron chi connectivity index (χ3n) is 3.62. The molecule has 7 heteroatoms. The number of para-hydroxylation sites is 1. The van der Waals surface area contributed by atoms with Crippen LogP contribution in [0, 0.1) is 0 Å². The third-order valence-corrected chi connectivity index (χ3v) is 3.62. The third kappa shape index (κ3) is 4.30. The number of aromatic nitrogens is 1. The number of nitrogens with zero attached hydrogens (tertiary/aromatic N) is 1. The van der Waals surface area contributed by atoms with Gasteiger partial charge in [0.25, 0.3) is 0 Å². The van der Waals surface area contributed by atoms with Crippen LogP contribution in [0.3, 0.4) is 0 Å². The fraction of sp³-hybridized carbons (Fsp3) is 0.375. The van der Waals surface area contributed by atoms with Crippen LogP contribution in [0.25, 0.3) is 10.9 Å². The molecule has 23 heavy (non-hydrogen) atoms. The molecule has 0 aliphatic carbocycles. The van der Waals surface area contributed by atoms with E-state index in [1.54, 1.807) is 6.20 Å². The van der Waals surface area contributed by atoms with Gasteiger partial charge in [0.1, 0.15) is 11.3 Å². The van der Waals surface area contributed by atoms with Gasteiger partial charge in [-0.15, -0.1) is 0 Å². The van der Waals surface area contributed by atoms with E-state index in [4.69, 9.17) is 4.74 Å². The molecule has 4 N–H and O–H groups in total. The number of ether oxygens (including phenoxy) is 1. The van der Waals surface area contributed by atoms with Crippen molar-refractivity contribution in [2.75, 3.05) is 26.2 Å². The standard InChI is InChI=1S/C16H21N5O2/c22-16(21-13-10-19-20-11-13)18-8-3-9-23-14-6-1-4-12-5-2-7-17-15(12)14/h1-2,4-7,13,19-20H,3,8-11H2,(H2,18,21,22). The first-order valence-electron chi connectivity index (χ1n) is 7.79. The summed E-state index contributed by atoms with van der Waals surface area (Å²) in [4.78, 5) is 16.0. The number of hydrazine groups is 1. The highest BCUT2D eigenvalue weighted by Gasteiger charge is 2.15. The fourth-order valence-corrected chi connectivity index (χ4v) is 2.45. The molecular formula is C16H21N5O2. The molecule has 1 fully saturated rings. The Bertz CT molecular complexity index is 652. The molecule has 0 atom stereocenters. The van der Waals surface area contributed by atoms with Gasteiger partial charge < -0.3 is 15.4 Å². The van der Waals surface area contributed by atoms with Gasteiger partial charge in [0.2, 0.25) is 0 Å². The van der Waals surface area contributed by atoms with Crippen molar-refractivity contribution in [3.63, 3.8) is 0 Å². The number of carbonyl (C=O) groups is 1. The normalized spacial score (nSPS) is 14.8. The Balaban J connectivity index is 1.38. The Kier molecular flexibility index (Phi) is 5.23. The molecule has 2 aromatic rings. The number of hydrogen-bond acceptors (Lipinski definition) is 5. The first kappa shape index (κ1) is 15.5. The zero-order valence-electron chi connectivity index (χ0n) is 12.8. The average Bonchev–Trinajstić information content (AvgIpc) is 3.07. The van der Waals surface area contributed by atoms with E-state index in [9.17, 15) is 4.79 Å². The number of nitrogens with one attached hydrogen (secondary N) is 4. The number of amides is 2. The van der Waals surface area contributed by atoms with Crippen molar-refractivity contribution in [1.82, 2.24) is 26.5 Å². The van der Waals surface area contributed by atoms with E-state index in [0.717, 1.165) is 36.2 Å². The Hall–Kier alpha value is -2.38. The van der Waals surface area contributed by atoms with Gasteiger partial charge in [-0.25, -0.2) is 4.79 Å². The maximum Gasteiger partial charge on any atom is 0.315 e. The lowest BCUT2D eigenvalue weighted by Gasteiger charge is -2.12. The quantitative estimate of drug-likeness (QED) is 0.592. The molecule has 0 saturated carbocycles. The van der Waals surface area contributed by atoms with E-state index < -0.39 is 0 Å². The molecule has 0 bridgehead atoms. The van der Waals surface area contributed by atoms with Crippen LogP contribution < -0.4 is 26.2 Å². The number of fused-ring (bicyclic) bond motifs is 1. The lowest BCUT2D eigenvalue weighted by atomic mass is 10.2. The zero-order valence-corrected chi connectivity index (χ0v) is 12.8. The van der Waals surface area contributed by atoms with Crippen LogP contribution >= 0.6 is 0 Å². The minimum Gasteiger partial charge on any atom is -0.491 e. The van der Waals surface area contributed by atoms with Crippen molar-refractivity contribution in [2.24, 2.45) is 0 Å². The molecule has 1 saturated heterocycles. The Morgan fingerprint density at radius 2 is 2.09 bits per heavy atom. The van der Waals surface area contributed by atoms with E-state index in [-0.39, 0.29) is 12.1 Å². The molecule has 2 amide bonds. The highest BCUT2D eigenvalue weighted by molar-refractivity contribution is 5.84. The molecule has 1 aliphatic heterocycles. The fourth-order valence-electron chi connectivity index (χ4n) is 2.45. The van der Waals surface area contributed by atoms with Crippen LogP contribution in [-0.2, 0) is 0 Å². The average molecular weight is 315 g/mol. The molecule has 7 nitrogen and oxygen atoms in total. The van der Waals surface area contributed by atoms with Gasteiger partial charge in [-0.05, 0) is 18.6 Å². The molecule has 1 aromatic carbocycles. The lowest BCUT2D eigenvalue weighted by molar-refractivity contribution is 0.236. The Morgan fingerprint density at radius 1 is 1.26 bits per heavy atom. The SMILES string of the molecule is O=C(NCCCOc1cccc2cccnc12)NC1CNNC1. The van der Waals surface area contributed by atoms with Gasteiger partial charge in [0.15, 0.2) is 0 Å². The van der Waals surface area contributed by atoms with Crippen LogP contribution in [-0.4, -0.2) is 43.3 Å². The van der Waals surface area contributed by atoms with Crippen LogP contribution in [0.4, 0.5) is 4.79 Å². The second-order valence-corrected chi connectivity index (χ2v) is 5.39. The van der Waals surface area contributed by atoms with Crippen LogP contribution in [0.15, 0.2) is 36.5 Å². The minimum absolute atomic E-state index is 0.132. The largest absolute Gasteiger partial charge is 0.491 e. The number of pyridine rings is 1. The number of urea groups is 1. The van der Waals surface area contributed by atoms with E-state index >= 15 is 0 Å².